The van der Waals surface area contributed by atoms with Crippen LogP contribution in [0.5, 0.6) is 11.5 Å². The number of β-lactam (4-membered cyclic amide) rings is 1. The number of hydrogen-bond donors (Lipinski definition) is 1. The largest absolute Gasteiger partial charge is 0.466 e. The van der Waals surface area contributed by atoms with E-state index in [1.807, 2.05) is 24.3 Å². The van der Waals surface area contributed by atoms with Crippen molar-refractivity contribution in [1.82, 2.24) is 10.4 Å². The van der Waals surface area contributed by atoms with Crippen LogP contribution in [0.1, 0.15) is 13.3 Å². The van der Waals surface area contributed by atoms with Crippen LogP contribution in [-0.2, 0) is 19.1 Å². The fraction of sp³-hybridized carbons (Fsp3) is 0.267. The van der Waals surface area contributed by atoms with E-state index in [0.29, 0.717) is 0 Å². The Morgan fingerprint density at radius 3 is 2.41 bits per heavy atom. The summed E-state index contributed by atoms with van der Waals surface area (Å²) < 4.78 is 9.41. The molecule has 4 rings (SSSR count). The van der Waals surface area contributed by atoms with Crippen LogP contribution < -0.4 is 10.2 Å². The van der Waals surface area contributed by atoms with Crippen molar-refractivity contribution in [3.8, 4) is 11.5 Å². The fourth-order valence-corrected chi connectivity index (χ4v) is 1.85. The van der Waals surface area contributed by atoms with Gasteiger partial charge < -0.3 is 9.47 Å². The first-order valence-corrected chi connectivity index (χ1v) is 6.63. The number of hydrazine groups is 1. The highest BCUT2D eigenvalue weighted by Crippen LogP contribution is 2.32. The van der Waals surface area contributed by atoms with E-state index in [4.69, 9.17) is 4.74 Å². The number of fused-ring (bicyclic) bond motifs is 2. The highest BCUT2D eigenvalue weighted by atomic mass is 16.5. The number of methoxy groups -OCH3 is 1. The molecule has 1 atom stereocenters. The number of esters is 1. The molecule has 1 aromatic carbocycles. The third kappa shape index (κ3) is 3.85. The lowest BCUT2D eigenvalue weighted by atomic mass is 10.0. The molecule has 0 radical (unpaired) electrons. The minimum Gasteiger partial charge on any atom is -0.466 e. The summed E-state index contributed by atoms with van der Waals surface area (Å²) in [7, 11) is 1.27. The Labute approximate surface area is 127 Å². The Hall–Kier alpha value is -2.83. The summed E-state index contributed by atoms with van der Waals surface area (Å²) in [5.74, 6) is 0.983. The molecule has 7 nitrogen and oxygen atoms in total. The number of rotatable bonds is 3. The predicted octanol–water partition coefficient (Wildman–Crippen LogP) is 1.16. The van der Waals surface area contributed by atoms with Crippen molar-refractivity contribution in [3.63, 3.8) is 0 Å². The second kappa shape index (κ2) is 6.75. The maximum absolute atomic E-state index is 11.1. The lowest BCUT2D eigenvalue weighted by Gasteiger charge is -2.37. The average molecular weight is 304 g/mol. The molecule has 1 N–H and O–H groups in total. The van der Waals surface area contributed by atoms with Crippen LogP contribution in [0.3, 0.4) is 0 Å². The van der Waals surface area contributed by atoms with E-state index in [0.717, 1.165) is 11.5 Å². The molecule has 3 heterocycles. The van der Waals surface area contributed by atoms with Gasteiger partial charge in [0.25, 0.3) is 0 Å². The van der Waals surface area contributed by atoms with Crippen molar-refractivity contribution in [2.75, 3.05) is 7.11 Å². The van der Waals surface area contributed by atoms with Gasteiger partial charge in [0, 0.05) is 19.1 Å². The maximum Gasteiger partial charge on any atom is 0.330 e. The second-order valence-electron chi connectivity index (χ2n) is 4.66. The number of carbonyl (C=O) groups is 3. The van der Waals surface area contributed by atoms with Crippen LogP contribution in [0, 0.1) is 0 Å². The molecule has 0 spiro atoms. The van der Waals surface area contributed by atoms with E-state index in [2.05, 4.69) is 10.2 Å². The van der Waals surface area contributed by atoms with Crippen LogP contribution >= 0.6 is 0 Å². The molecular weight excluding hydrogens is 288 g/mol. The van der Waals surface area contributed by atoms with Crippen molar-refractivity contribution in [1.29, 1.82) is 0 Å². The summed E-state index contributed by atoms with van der Waals surface area (Å²) >= 11 is 0. The Kier molecular flexibility index (Phi) is 4.77. The van der Waals surface area contributed by atoms with Crippen LogP contribution in [-0.4, -0.2) is 35.9 Å². The van der Waals surface area contributed by atoms with Gasteiger partial charge in [0.15, 0.2) is 0 Å². The zero-order chi connectivity index (χ0) is 16.1. The van der Waals surface area contributed by atoms with E-state index in [-0.39, 0.29) is 24.3 Å². The van der Waals surface area contributed by atoms with E-state index in [1.165, 1.54) is 31.2 Å². The topological polar surface area (TPSA) is 84.9 Å². The molecule has 116 valence electrons. The van der Waals surface area contributed by atoms with Gasteiger partial charge in [-0.2, -0.15) is 0 Å². The first-order chi connectivity index (χ1) is 10.5. The average Bonchev–Trinajstić information content (AvgIpc) is 2.49. The number of amides is 2. The van der Waals surface area contributed by atoms with Gasteiger partial charge in [0.05, 0.1) is 19.6 Å². The fourth-order valence-electron chi connectivity index (χ4n) is 1.85. The summed E-state index contributed by atoms with van der Waals surface area (Å²) in [6.45, 7) is 1.31. The summed E-state index contributed by atoms with van der Waals surface area (Å²) in [6.07, 6.45) is 3.03. The number of benzene rings is 1. The smallest absolute Gasteiger partial charge is 0.330 e. The zero-order valence-electron chi connectivity index (χ0n) is 12.2. The summed E-state index contributed by atoms with van der Waals surface area (Å²) in [6, 6.07) is 7.59. The number of hydrogen-bond acceptors (Lipinski definition) is 5. The van der Waals surface area contributed by atoms with Crippen molar-refractivity contribution in [3.05, 3.63) is 36.4 Å². The number of ether oxygens (including phenoxy) is 2. The highest BCUT2D eigenvalue weighted by molar-refractivity contribution is 5.88. The molecule has 0 saturated carbocycles. The molecule has 1 aromatic rings. The van der Waals surface area contributed by atoms with Gasteiger partial charge in [-0.1, -0.05) is 12.1 Å². The van der Waals surface area contributed by atoms with Gasteiger partial charge in [-0.25, -0.2) is 9.80 Å². The molecular formula is C15H16N2O5. The number of nitrogens with zero attached hydrogens (tertiary/aromatic N) is 1. The van der Waals surface area contributed by atoms with Gasteiger partial charge in [0.1, 0.15) is 11.5 Å². The van der Waals surface area contributed by atoms with E-state index in [1.54, 1.807) is 0 Å². The lowest BCUT2D eigenvalue weighted by Crippen LogP contribution is -2.59. The summed E-state index contributed by atoms with van der Waals surface area (Å²) in [4.78, 5) is 32.5. The van der Waals surface area contributed by atoms with Crippen molar-refractivity contribution in [2.24, 2.45) is 0 Å². The second-order valence-corrected chi connectivity index (χ2v) is 4.66. The van der Waals surface area contributed by atoms with Gasteiger partial charge in [-0.15, -0.1) is 0 Å². The normalized spacial score (nSPS) is 17.5. The molecule has 1 unspecified atom stereocenters. The van der Waals surface area contributed by atoms with Crippen molar-refractivity contribution < 1.29 is 23.9 Å². The molecule has 0 aliphatic carbocycles. The van der Waals surface area contributed by atoms with Crippen molar-refractivity contribution in [2.45, 2.75) is 19.4 Å². The molecule has 22 heavy (non-hydrogen) atoms. The first kappa shape index (κ1) is 15.6. The van der Waals surface area contributed by atoms with E-state index >= 15 is 0 Å². The van der Waals surface area contributed by atoms with Gasteiger partial charge in [-0.3, -0.25) is 15.0 Å². The van der Waals surface area contributed by atoms with Crippen LogP contribution in [0.4, 0.5) is 0 Å². The van der Waals surface area contributed by atoms with Gasteiger partial charge in [0.2, 0.25) is 11.8 Å². The lowest BCUT2D eigenvalue weighted by molar-refractivity contribution is -0.153. The number of carbonyl (C=O) groups excluding carboxylic acids is 3. The van der Waals surface area contributed by atoms with Crippen LogP contribution in [0.25, 0.3) is 0 Å². The third-order valence-corrected chi connectivity index (χ3v) is 2.96. The molecule has 0 aromatic heterocycles. The Morgan fingerprint density at radius 1 is 1.41 bits per heavy atom. The molecule has 7 heteroatoms. The van der Waals surface area contributed by atoms with E-state index in [9.17, 15) is 14.4 Å². The van der Waals surface area contributed by atoms with E-state index < -0.39 is 5.97 Å². The molecule has 1 saturated heterocycles. The minimum absolute atomic E-state index is 0.176. The highest BCUT2D eigenvalue weighted by Gasteiger charge is 2.35. The van der Waals surface area contributed by atoms with Gasteiger partial charge in [-0.05, 0) is 12.1 Å². The summed E-state index contributed by atoms with van der Waals surface area (Å²) in [5.41, 5.74) is 2.36. The maximum atomic E-state index is 11.1. The molecule has 3 aliphatic rings. The molecule has 2 amide bonds. The SMILES string of the molecule is COC(=O)C=CC1CC(=O)N1NC(C)=O.c1cc2cc(c1)O2. The Bertz CT molecular complexity index is 601. The summed E-state index contributed by atoms with van der Waals surface area (Å²) in [5, 5.41) is 1.18. The Morgan fingerprint density at radius 2 is 2.05 bits per heavy atom. The number of nitrogens with one attached hydrogen (secondary N) is 1. The Balaban J connectivity index is 0.000000205. The standard InChI is InChI=1S/C9H12N2O4.C6H4O/c1-6(12)10-11-7(5-8(11)13)3-4-9(14)15-2;1-2-5-4-6(3-1)7-5/h3-4,7H,5H2,1-2H3,(H,10,12);1-4H. The predicted molar refractivity (Wildman–Crippen MR) is 76.7 cm³/mol. The quantitative estimate of drug-likeness (QED) is 0.522. The monoisotopic (exact) mass is 304 g/mol. The zero-order valence-corrected chi connectivity index (χ0v) is 12.2. The molecule has 2 bridgehead atoms. The first-order valence-electron chi connectivity index (χ1n) is 6.63. The third-order valence-electron chi connectivity index (χ3n) is 2.96. The minimum atomic E-state index is -0.489. The molecule has 1 fully saturated rings. The van der Waals surface area contributed by atoms with Crippen molar-refractivity contribution >= 4 is 17.8 Å². The van der Waals surface area contributed by atoms with Crippen LogP contribution in [0.15, 0.2) is 36.4 Å². The molecule has 3 aliphatic heterocycles. The van der Waals surface area contributed by atoms with Gasteiger partial charge >= 0.3 is 5.97 Å². The van der Waals surface area contributed by atoms with Crippen LogP contribution in [0.2, 0.25) is 0 Å².